The van der Waals surface area contributed by atoms with E-state index in [0.717, 1.165) is 38.6 Å². The normalized spacial score (nSPS) is 20.1. The monoisotopic (exact) mass is 488 g/mol. The minimum Gasteiger partial charge on any atom is -0.489 e. The Labute approximate surface area is 202 Å². The first kappa shape index (κ1) is 24.8. The molecular formula is C25H36N4O4S. The molecule has 0 bridgehead atoms. The first-order chi connectivity index (χ1) is 16.3. The SMILES string of the molecule is CC(C)Oc1ccc(S(=O)(=O)N2CCCCC2)cc1NC(=O)CN1CCC[C@H]1c1cccn1C. The summed E-state index contributed by atoms with van der Waals surface area (Å²) in [6.07, 6.45) is 6.75. The summed E-state index contributed by atoms with van der Waals surface area (Å²) in [6.45, 7) is 5.95. The number of sulfonamides is 1. The van der Waals surface area contributed by atoms with Gasteiger partial charge in [0, 0.05) is 32.0 Å². The van der Waals surface area contributed by atoms with Gasteiger partial charge in [-0.2, -0.15) is 4.31 Å². The Balaban J connectivity index is 1.53. The topological polar surface area (TPSA) is 83.9 Å². The molecule has 1 aromatic heterocycles. The summed E-state index contributed by atoms with van der Waals surface area (Å²) in [5.74, 6) is 0.295. The lowest BCUT2D eigenvalue weighted by atomic mass is 10.1. The molecule has 3 heterocycles. The number of aromatic nitrogens is 1. The molecule has 1 atom stereocenters. The molecule has 2 saturated heterocycles. The summed E-state index contributed by atoms with van der Waals surface area (Å²) in [5.41, 5.74) is 1.59. The lowest BCUT2D eigenvalue weighted by Crippen LogP contribution is -2.35. The Morgan fingerprint density at radius 1 is 1.12 bits per heavy atom. The third-order valence-electron chi connectivity index (χ3n) is 6.58. The van der Waals surface area contributed by atoms with Crippen LogP contribution in [0, 0.1) is 0 Å². The van der Waals surface area contributed by atoms with E-state index in [1.165, 1.54) is 16.1 Å². The van der Waals surface area contributed by atoms with Crippen LogP contribution in [-0.4, -0.2) is 60.4 Å². The van der Waals surface area contributed by atoms with Gasteiger partial charge in [0.2, 0.25) is 15.9 Å². The first-order valence-corrected chi connectivity index (χ1v) is 13.7. The van der Waals surface area contributed by atoms with Crippen molar-refractivity contribution < 1.29 is 17.9 Å². The standard InChI is InChI=1S/C25H36N4O4S/c1-19(2)33-24-12-11-20(34(31,32)29-15-5-4-6-16-29)17-21(24)26-25(30)18-28-14-8-10-23(28)22-9-7-13-27(22)3/h7,9,11-13,17,19,23H,4-6,8,10,14-16,18H2,1-3H3,(H,26,30)/t23-/m0/s1. The summed E-state index contributed by atoms with van der Waals surface area (Å²) in [5, 5.41) is 2.94. The number of nitrogens with one attached hydrogen (secondary N) is 1. The van der Waals surface area contributed by atoms with Crippen molar-refractivity contribution in [2.45, 2.75) is 63.0 Å². The molecule has 1 N–H and O–H groups in total. The van der Waals surface area contributed by atoms with Gasteiger partial charge in [0.1, 0.15) is 5.75 Å². The molecule has 0 saturated carbocycles. The van der Waals surface area contributed by atoms with Gasteiger partial charge in [-0.3, -0.25) is 9.69 Å². The van der Waals surface area contributed by atoms with E-state index in [2.05, 4.69) is 20.9 Å². The van der Waals surface area contributed by atoms with E-state index in [1.807, 2.05) is 33.2 Å². The van der Waals surface area contributed by atoms with Crippen molar-refractivity contribution in [2.75, 3.05) is 31.5 Å². The van der Waals surface area contributed by atoms with Gasteiger partial charge in [-0.1, -0.05) is 6.42 Å². The predicted molar refractivity (Wildman–Crippen MR) is 132 cm³/mol. The number of likely N-dealkylation sites (tertiary alicyclic amines) is 1. The second-order valence-corrected chi connectivity index (χ2v) is 11.4. The number of piperidine rings is 1. The molecule has 186 valence electrons. The summed E-state index contributed by atoms with van der Waals surface area (Å²) >= 11 is 0. The van der Waals surface area contributed by atoms with Gasteiger partial charge in [-0.25, -0.2) is 8.42 Å². The van der Waals surface area contributed by atoms with E-state index in [-0.39, 0.29) is 29.5 Å². The van der Waals surface area contributed by atoms with Crippen LogP contribution in [0.25, 0.3) is 0 Å². The zero-order chi connectivity index (χ0) is 24.3. The highest BCUT2D eigenvalue weighted by Gasteiger charge is 2.30. The van der Waals surface area contributed by atoms with Gasteiger partial charge in [0.15, 0.2) is 0 Å². The fourth-order valence-electron chi connectivity index (χ4n) is 4.92. The van der Waals surface area contributed by atoms with Gasteiger partial charge in [-0.15, -0.1) is 0 Å². The van der Waals surface area contributed by atoms with Crippen LogP contribution in [0.3, 0.4) is 0 Å². The molecule has 0 radical (unpaired) electrons. The van der Waals surface area contributed by atoms with E-state index in [9.17, 15) is 13.2 Å². The van der Waals surface area contributed by atoms with Crippen LogP contribution in [0.2, 0.25) is 0 Å². The number of carbonyl (C=O) groups excluding carboxylic acids is 1. The fourth-order valence-corrected chi connectivity index (χ4v) is 6.47. The highest BCUT2D eigenvalue weighted by molar-refractivity contribution is 7.89. The number of aryl methyl sites for hydroxylation is 1. The van der Waals surface area contributed by atoms with Gasteiger partial charge < -0.3 is 14.6 Å². The third kappa shape index (κ3) is 5.47. The number of carbonyl (C=O) groups is 1. The van der Waals surface area contributed by atoms with E-state index < -0.39 is 10.0 Å². The molecular weight excluding hydrogens is 452 g/mol. The number of hydrogen-bond acceptors (Lipinski definition) is 5. The number of hydrogen-bond donors (Lipinski definition) is 1. The molecule has 1 aromatic carbocycles. The van der Waals surface area contributed by atoms with Crippen molar-refractivity contribution >= 4 is 21.6 Å². The van der Waals surface area contributed by atoms with Gasteiger partial charge >= 0.3 is 0 Å². The van der Waals surface area contributed by atoms with Crippen LogP contribution in [0.1, 0.15) is 57.7 Å². The summed E-state index contributed by atoms with van der Waals surface area (Å²) in [7, 11) is -1.59. The van der Waals surface area contributed by atoms with Crippen molar-refractivity contribution in [3.63, 3.8) is 0 Å². The summed E-state index contributed by atoms with van der Waals surface area (Å²) in [4.78, 5) is 15.5. The van der Waals surface area contributed by atoms with Crippen LogP contribution in [0.4, 0.5) is 5.69 Å². The minimum absolute atomic E-state index is 0.111. The summed E-state index contributed by atoms with van der Waals surface area (Å²) < 4.78 is 35.9. The molecule has 9 heteroatoms. The van der Waals surface area contributed by atoms with E-state index in [1.54, 1.807) is 12.1 Å². The molecule has 2 aliphatic rings. The number of ether oxygens (including phenoxy) is 1. The van der Waals surface area contributed by atoms with Crippen LogP contribution in [0.15, 0.2) is 41.4 Å². The number of anilines is 1. The van der Waals surface area contributed by atoms with E-state index in [0.29, 0.717) is 24.5 Å². The molecule has 2 fully saturated rings. The van der Waals surface area contributed by atoms with Crippen molar-refractivity contribution in [3.8, 4) is 5.75 Å². The lowest BCUT2D eigenvalue weighted by molar-refractivity contribution is -0.117. The van der Waals surface area contributed by atoms with Crippen molar-refractivity contribution in [2.24, 2.45) is 7.05 Å². The molecule has 8 nitrogen and oxygen atoms in total. The van der Waals surface area contributed by atoms with Gasteiger partial charge in [0.05, 0.1) is 29.3 Å². The predicted octanol–water partition coefficient (Wildman–Crippen LogP) is 3.76. The zero-order valence-corrected chi connectivity index (χ0v) is 21.2. The maximum Gasteiger partial charge on any atom is 0.243 e. The fraction of sp³-hybridized carbons (Fsp3) is 0.560. The van der Waals surface area contributed by atoms with Crippen molar-refractivity contribution in [1.29, 1.82) is 0 Å². The maximum absolute atomic E-state index is 13.2. The Morgan fingerprint density at radius 3 is 2.56 bits per heavy atom. The Hall–Kier alpha value is -2.36. The minimum atomic E-state index is -3.62. The molecule has 4 rings (SSSR count). The van der Waals surface area contributed by atoms with Crippen LogP contribution in [0.5, 0.6) is 5.75 Å². The molecule has 2 aromatic rings. The average molecular weight is 489 g/mol. The molecule has 0 unspecified atom stereocenters. The Morgan fingerprint density at radius 2 is 1.88 bits per heavy atom. The highest BCUT2D eigenvalue weighted by atomic mass is 32.2. The van der Waals surface area contributed by atoms with Gasteiger partial charge in [-0.05, 0) is 76.4 Å². The van der Waals surface area contributed by atoms with E-state index >= 15 is 0 Å². The second-order valence-electron chi connectivity index (χ2n) is 9.51. The Kier molecular flexibility index (Phi) is 7.64. The number of benzene rings is 1. The first-order valence-electron chi connectivity index (χ1n) is 12.2. The molecule has 0 spiro atoms. The molecule has 34 heavy (non-hydrogen) atoms. The van der Waals surface area contributed by atoms with Gasteiger partial charge in [0.25, 0.3) is 0 Å². The smallest absolute Gasteiger partial charge is 0.243 e. The Bertz CT molecular complexity index is 1110. The lowest BCUT2D eigenvalue weighted by Gasteiger charge is -2.27. The van der Waals surface area contributed by atoms with Crippen molar-refractivity contribution in [1.82, 2.24) is 13.8 Å². The highest BCUT2D eigenvalue weighted by Crippen LogP contribution is 2.33. The van der Waals surface area contributed by atoms with Crippen LogP contribution < -0.4 is 10.1 Å². The van der Waals surface area contributed by atoms with Crippen LogP contribution >= 0.6 is 0 Å². The largest absolute Gasteiger partial charge is 0.489 e. The number of rotatable bonds is 8. The summed E-state index contributed by atoms with van der Waals surface area (Å²) in [6, 6.07) is 9.08. The quantitative estimate of drug-likeness (QED) is 0.612. The van der Waals surface area contributed by atoms with Crippen molar-refractivity contribution in [3.05, 3.63) is 42.2 Å². The zero-order valence-electron chi connectivity index (χ0n) is 20.4. The van der Waals surface area contributed by atoms with Crippen LogP contribution in [-0.2, 0) is 21.9 Å². The molecule has 1 amide bonds. The maximum atomic E-state index is 13.2. The number of amides is 1. The number of nitrogens with zero attached hydrogens (tertiary/aromatic N) is 3. The molecule has 0 aliphatic carbocycles. The van der Waals surface area contributed by atoms with E-state index in [4.69, 9.17) is 4.74 Å². The average Bonchev–Trinajstić information content (AvgIpc) is 3.43. The molecule has 2 aliphatic heterocycles. The second kappa shape index (κ2) is 10.5. The third-order valence-corrected chi connectivity index (χ3v) is 8.47.